The molecular formula is C17H21NO6. The fourth-order valence-corrected chi connectivity index (χ4v) is 2.25. The number of carbonyl (C=O) groups is 1. The van der Waals surface area contributed by atoms with Gasteiger partial charge in [0.25, 0.3) is 5.91 Å². The number of benzene rings is 1. The van der Waals surface area contributed by atoms with Crippen molar-refractivity contribution in [1.29, 1.82) is 0 Å². The van der Waals surface area contributed by atoms with Gasteiger partial charge in [0.15, 0.2) is 17.3 Å². The second-order valence-corrected chi connectivity index (χ2v) is 4.79. The third kappa shape index (κ3) is 3.62. The Morgan fingerprint density at radius 1 is 1.00 bits per heavy atom. The highest BCUT2D eigenvalue weighted by Gasteiger charge is 2.20. The molecule has 0 radical (unpaired) electrons. The van der Waals surface area contributed by atoms with Crippen LogP contribution < -0.4 is 19.5 Å². The van der Waals surface area contributed by atoms with Crippen LogP contribution in [-0.2, 0) is 4.74 Å². The van der Waals surface area contributed by atoms with E-state index in [4.69, 9.17) is 23.4 Å². The third-order valence-electron chi connectivity index (χ3n) is 3.39. The number of furan rings is 1. The van der Waals surface area contributed by atoms with Gasteiger partial charge in [-0.15, -0.1) is 0 Å². The van der Waals surface area contributed by atoms with Gasteiger partial charge in [-0.25, -0.2) is 0 Å². The Labute approximate surface area is 140 Å². The highest BCUT2D eigenvalue weighted by molar-refractivity contribution is 5.92. The molecule has 130 valence electrons. The largest absolute Gasteiger partial charge is 0.493 e. The number of nitrogens with one attached hydrogen (secondary N) is 1. The summed E-state index contributed by atoms with van der Waals surface area (Å²) in [5.74, 6) is 1.86. The molecule has 1 amide bonds. The molecule has 7 heteroatoms. The summed E-state index contributed by atoms with van der Waals surface area (Å²) < 4.78 is 26.6. The smallest absolute Gasteiger partial charge is 0.287 e. The maximum Gasteiger partial charge on any atom is 0.287 e. The highest BCUT2D eigenvalue weighted by Crippen LogP contribution is 2.44. The Morgan fingerprint density at radius 3 is 2.38 bits per heavy atom. The Morgan fingerprint density at radius 2 is 1.75 bits per heavy atom. The standard InChI is InChI=1S/C17H21NO6/c1-20-10-9-18-17(19)14-8-7-12(24-14)11-5-6-13(21-2)16(23-4)15(11)22-3/h5-8H,9-10H2,1-4H3,(H,18,19). The Kier molecular flexibility index (Phi) is 6.08. The quantitative estimate of drug-likeness (QED) is 0.746. The molecular weight excluding hydrogens is 314 g/mol. The van der Waals surface area contributed by atoms with Crippen molar-refractivity contribution in [2.24, 2.45) is 0 Å². The van der Waals surface area contributed by atoms with Crippen molar-refractivity contribution in [3.05, 3.63) is 30.0 Å². The number of hydrogen-bond acceptors (Lipinski definition) is 6. The van der Waals surface area contributed by atoms with E-state index < -0.39 is 0 Å². The molecule has 1 aromatic heterocycles. The first-order chi connectivity index (χ1) is 11.7. The molecule has 2 rings (SSSR count). The molecule has 0 fully saturated rings. The molecule has 2 aromatic rings. The van der Waals surface area contributed by atoms with Gasteiger partial charge in [-0.1, -0.05) is 0 Å². The van der Waals surface area contributed by atoms with E-state index in [2.05, 4.69) is 5.32 Å². The van der Waals surface area contributed by atoms with Gasteiger partial charge in [0, 0.05) is 13.7 Å². The first kappa shape index (κ1) is 17.7. The van der Waals surface area contributed by atoms with Crippen molar-refractivity contribution >= 4 is 5.91 Å². The van der Waals surface area contributed by atoms with Crippen LogP contribution in [0.3, 0.4) is 0 Å². The Hall–Kier alpha value is -2.67. The second kappa shape index (κ2) is 8.26. The molecule has 0 unspecified atom stereocenters. The summed E-state index contributed by atoms with van der Waals surface area (Å²) in [4.78, 5) is 12.0. The Balaban J connectivity index is 2.31. The van der Waals surface area contributed by atoms with Gasteiger partial charge in [0.2, 0.25) is 5.75 Å². The van der Waals surface area contributed by atoms with Crippen LogP contribution in [0.15, 0.2) is 28.7 Å². The summed E-state index contributed by atoms with van der Waals surface area (Å²) in [6.45, 7) is 0.841. The normalized spacial score (nSPS) is 10.3. The Bertz CT molecular complexity index is 694. The topological polar surface area (TPSA) is 79.2 Å². The molecule has 0 aliphatic heterocycles. The van der Waals surface area contributed by atoms with E-state index >= 15 is 0 Å². The SMILES string of the molecule is COCCNC(=O)c1ccc(-c2ccc(OC)c(OC)c2OC)o1. The van der Waals surface area contributed by atoms with Crippen molar-refractivity contribution in [3.63, 3.8) is 0 Å². The minimum Gasteiger partial charge on any atom is -0.493 e. The minimum atomic E-state index is -0.308. The highest BCUT2D eigenvalue weighted by atomic mass is 16.5. The fraction of sp³-hybridized carbons (Fsp3) is 0.353. The van der Waals surface area contributed by atoms with Gasteiger partial charge < -0.3 is 28.7 Å². The van der Waals surface area contributed by atoms with Gasteiger partial charge >= 0.3 is 0 Å². The van der Waals surface area contributed by atoms with Gasteiger partial charge in [0.1, 0.15) is 5.76 Å². The lowest BCUT2D eigenvalue weighted by Crippen LogP contribution is -2.26. The lowest BCUT2D eigenvalue weighted by Gasteiger charge is -2.14. The minimum absolute atomic E-state index is 0.206. The van der Waals surface area contributed by atoms with Crippen LogP contribution in [0.25, 0.3) is 11.3 Å². The summed E-state index contributed by atoms with van der Waals surface area (Å²) in [6, 6.07) is 6.84. The van der Waals surface area contributed by atoms with E-state index in [0.717, 1.165) is 0 Å². The zero-order valence-corrected chi connectivity index (χ0v) is 14.2. The summed E-state index contributed by atoms with van der Waals surface area (Å²) in [6.07, 6.45) is 0. The van der Waals surface area contributed by atoms with Crippen LogP contribution in [-0.4, -0.2) is 47.5 Å². The maximum atomic E-state index is 12.0. The van der Waals surface area contributed by atoms with Gasteiger partial charge in [-0.05, 0) is 24.3 Å². The average Bonchev–Trinajstić information content (AvgIpc) is 3.10. The average molecular weight is 335 g/mol. The summed E-state index contributed by atoms with van der Waals surface area (Å²) >= 11 is 0. The number of ether oxygens (including phenoxy) is 4. The molecule has 1 aromatic carbocycles. The van der Waals surface area contributed by atoms with Crippen molar-refractivity contribution in [2.45, 2.75) is 0 Å². The fourth-order valence-electron chi connectivity index (χ4n) is 2.25. The van der Waals surface area contributed by atoms with Crippen LogP contribution in [0.5, 0.6) is 17.2 Å². The zero-order valence-electron chi connectivity index (χ0n) is 14.2. The lowest BCUT2D eigenvalue weighted by molar-refractivity contribution is 0.0910. The molecule has 0 aliphatic rings. The molecule has 0 atom stereocenters. The van der Waals surface area contributed by atoms with Crippen molar-refractivity contribution in [2.75, 3.05) is 41.6 Å². The number of hydrogen-bond donors (Lipinski definition) is 1. The van der Waals surface area contributed by atoms with Crippen LogP contribution >= 0.6 is 0 Å². The second-order valence-electron chi connectivity index (χ2n) is 4.79. The van der Waals surface area contributed by atoms with E-state index in [9.17, 15) is 4.79 Å². The van der Waals surface area contributed by atoms with Crippen molar-refractivity contribution < 1.29 is 28.2 Å². The van der Waals surface area contributed by atoms with Crippen molar-refractivity contribution in [3.8, 4) is 28.6 Å². The van der Waals surface area contributed by atoms with Crippen LogP contribution in [0, 0.1) is 0 Å². The van der Waals surface area contributed by atoms with Gasteiger partial charge in [-0.3, -0.25) is 4.79 Å². The van der Waals surface area contributed by atoms with E-state index in [0.29, 0.717) is 41.7 Å². The van der Waals surface area contributed by atoms with E-state index in [1.165, 1.54) is 14.2 Å². The number of carbonyl (C=O) groups excluding carboxylic acids is 1. The van der Waals surface area contributed by atoms with Gasteiger partial charge in [-0.2, -0.15) is 0 Å². The number of methoxy groups -OCH3 is 4. The molecule has 0 saturated carbocycles. The lowest BCUT2D eigenvalue weighted by atomic mass is 10.1. The van der Waals surface area contributed by atoms with E-state index in [1.807, 2.05) is 0 Å². The summed E-state index contributed by atoms with van der Waals surface area (Å²) in [5, 5.41) is 2.70. The van der Waals surface area contributed by atoms with Crippen molar-refractivity contribution in [1.82, 2.24) is 5.32 Å². The van der Waals surface area contributed by atoms with Crippen LogP contribution in [0.1, 0.15) is 10.6 Å². The summed E-state index contributed by atoms with van der Waals surface area (Å²) in [7, 11) is 6.18. The molecule has 0 aliphatic carbocycles. The molecule has 0 spiro atoms. The predicted octanol–water partition coefficient (Wildman–Crippen LogP) is 2.35. The first-order valence-corrected chi connectivity index (χ1v) is 7.32. The molecule has 24 heavy (non-hydrogen) atoms. The molecule has 0 saturated heterocycles. The van der Waals surface area contributed by atoms with Gasteiger partial charge in [0.05, 0.1) is 33.5 Å². The number of rotatable bonds is 8. The molecule has 0 bridgehead atoms. The maximum absolute atomic E-state index is 12.0. The van der Waals surface area contributed by atoms with Crippen LogP contribution in [0.2, 0.25) is 0 Å². The van der Waals surface area contributed by atoms with Crippen LogP contribution in [0.4, 0.5) is 0 Å². The van der Waals surface area contributed by atoms with E-state index in [-0.39, 0.29) is 11.7 Å². The zero-order chi connectivity index (χ0) is 17.5. The molecule has 1 N–H and O–H groups in total. The molecule has 7 nitrogen and oxygen atoms in total. The molecule has 1 heterocycles. The van der Waals surface area contributed by atoms with E-state index in [1.54, 1.807) is 38.5 Å². The number of amides is 1. The predicted molar refractivity (Wildman–Crippen MR) is 88.0 cm³/mol. The monoisotopic (exact) mass is 335 g/mol. The first-order valence-electron chi connectivity index (χ1n) is 7.32. The third-order valence-corrected chi connectivity index (χ3v) is 3.39. The summed E-state index contributed by atoms with van der Waals surface area (Å²) in [5.41, 5.74) is 0.658.